The lowest BCUT2D eigenvalue weighted by molar-refractivity contribution is 0.444. The van der Waals surface area contributed by atoms with Gasteiger partial charge in [-0.2, -0.15) is 5.10 Å². The second kappa shape index (κ2) is 11.5. The lowest BCUT2D eigenvalue weighted by Crippen LogP contribution is -2.17. The van der Waals surface area contributed by atoms with E-state index in [-0.39, 0.29) is 34.9 Å². The van der Waals surface area contributed by atoms with Gasteiger partial charge in [0, 0.05) is 11.8 Å². The largest absolute Gasteiger partial charge is 0.422 e. The van der Waals surface area contributed by atoms with Crippen molar-refractivity contribution >= 4 is 42.3 Å². The molecule has 15 heteroatoms. The Morgan fingerprint density at radius 2 is 1.79 bits per heavy atom. The lowest BCUT2D eigenvalue weighted by atomic mass is 10.1. The molecule has 3 heterocycles. The highest BCUT2D eigenvalue weighted by Gasteiger charge is 2.37. The monoisotopic (exact) mass is 624 g/mol. The van der Waals surface area contributed by atoms with Crippen LogP contribution < -0.4 is 4.72 Å². The summed E-state index contributed by atoms with van der Waals surface area (Å²) in [5.74, 6) is -0.922. The third kappa shape index (κ3) is 5.99. The van der Waals surface area contributed by atoms with Gasteiger partial charge in [-0.3, -0.25) is 0 Å². The van der Waals surface area contributed by atoms with Crippen molar-refractivity contribution in [2.24, 2.45) is 0 Å². The number of fused-ring (bicyclic) bond motifs is 1. The van der Waals surface area contributed by atoms with Crippen LogP contribution in [-0.2, 0) is 33.0 Å². The van der Waals surface area contributed by atoms with Crippen molar-refractivity contribution in [1.29, 1.82) is 0 Å². The normalized spacial score (nSPS) is 12.7. The standard InChI is InChI=1S/C27H21FN6O5S3/c28-20-7-9-21(10-8-20)34-15-19(13-29-34)18-6-11-22-23(12-18)40-27(31-22)25(26-33-32-24(39-26)14-30-41(35)36)42(37,38)16-17-4-2-1-3-5-17/h1-13,15,25,41H,14,16H2,(H,30,35,36). The topological polar surface area (TPSA) is 150 Å². The molecule has 0 amide bonds. The quantitative estimate of drug-likeness (QED) is 0.216. The molecule has 0 saturated carbocycles. The summed E-state index contributed by atoms with van der Waals surface area (Å²) in [5, 5.41) is 11.0. The van der Waals surface area contributed by atoms with Crippen molar-refractivity contribution in [3.05, 3.63) is 113 Å². The molecule has 1 unspecified atom stereocenters. The van der Waals surface area contributed by atoms with Crippen LogP contribution in [0, 0.1) is 5.82 Å². The minimum absolute atomic E-state index is 0.0781. The van der Waals surface area contributed by atoms with Crippen LogP contribution in [0.2, 0.25) is 0 Å². The van der Waals surface area contributed by atoms with Crippen molar-refractivity contribution < 1.29 is 25.6 Å². The fourth-order valence-electron chi connectivity index (χ4n) is 4.32. The number of benzene rings is 3. The second-order valence-electron chi connectivity index (χ2n) is 9.18. The van der Waals surface area contributed by atoms with E-state index in [1.54, 1.807) is 59.4 Å². The molecule has 0 bridgehead atoms. The van der Waals surface area contributed by atoms with Crippen molar-refractivity contribution in [1.82, 2.24) is 29.7 Å². The van der Waals surface area contributed by atoms with E-state index in [4.69, 9.17) is 4.42 Å². The second-order valence-corrected chi connectivity index (χ2v) is 13.2. The van der Waals surface area contributed by atoms with E-state index in [0.717, 1.165) is 15.8 Å². The number of thiazole rings is 1. The van der Waals surface area contributed by atoms with Gasteiger partial charge in [-0.1, -0.05) is 36.4 Å². The SMILES string of the molecule is O=[SH](=O)NCc1nnc(C(c2nc3ccc(-c4cnn(-c5ccc(F)cc5)c4)cc3s2)S(=O)(=O)Cc2ccccc2)o1. The van der Waals surface area contributed by atoms with Crippen LogP contribution in [0.15, 0.2) is 89.6 Å². The number of aromatic nitrogens is 5. The van der Waals surface area contributed by atoms with Crippen molar-refractivity contribution in [2.75, 3.05) is 0 Å². The molecule has 3 aromatic heterocycles. The Hall–Kier alpha value is -4.31. The van der Waals surface area contributed by atoms with Gasteiger partial charge < -0.3 is 4.42 Å². The minimum Gasteiger partial charge on any atom is -0.422 e. The highest BCUT2D eigenvalue weighted by molar-refractivity contribution is 7.91. The first-order valence-corrected chi connectivity index (χ1v) is 16.1. The van der Waals surface area contributed by atoms with Gasteiger partial charge >= 0.3 is 0 Å². The predicted octanol–water partition coefficient (Wildman–Crippen LogP) is 3.99. The maximum Gasteiger partial charge on any atom is 0.241 e. The highest BCUT2D eigenvalue weighted by atomic mass is 32.2. The summed E-state index contributed by atoms with van der Waals surface area (Å²) in [7, 11) is -6.87. The molecule has 3 aromatic carbocycles. The molecule has 11 nitrogen and oxygen atoms in total. The molecule has 214 valence electrons. The zero-order chi connectivity index (χ0) is 29.3. The molecular formula is C27H21FN6O5S3. The fourth-order valence-corrected chi connectivity index (χ4v) is 7.74. The predicted molar refractivity (Wildman–Crippen MR) is 154 cm³/mol. The van der Waals surface area contributed by atoms with Crippen LogP contribution in [-0.4, -0.2) is 41.8 Å². The summed E-state index contributed by atoms with van der Waals surface area (Å²) < 4.78 is 72.9. The maximum absolute atomic E-state index is 13.8. The summed E-state index contributed by atoms with van der Waals surface area (Å²) in [6.45, 7) is -0.272. The molecule has 0 aliphatic heterocycles. The van der Waals surface area contributed by atoms with E-state index in [1.807, 2.05) is 18.3 Å². The number of nitrogens with one attached hydrogen (secondary N) is 1. The first-order chi connectivity index (χ1) is 20.2. The van der Waals surface area contributed by atoms with Gasteiger partial charge in [-0.05, 0) is 47.5 Å². The third-order valence-corrected chi connectivity index (χ3v) is 9.80. The zero-order valence-electron chi connectivity index (χ0n) is 21.5. The van der Waals surface area contributed by atoms with Crippen LogP contribution >= 0.6 is 11.3 Å². The number of hydrogen-bond donors (Lipinski definition) is 2. The Labute approximate surface area is 244 Å². The smallest absolute Gasteiger partial charge is 0.241 e. The molecule has 0 fully saturated rings. The Bertz CT molecular complexity index is 2050. The molecule has 1 N–H and O–H groups in total. The van der Waals surface area contributed by atoms with Gasteiger partial charge in [0.05, 0.1) is 34.4 Å². The van der Waals surface area contributed by atoms with Gasteiger partial charge in [-0.15, -0.1) is 21.5 Å². The maximum atomic E-state index is 13.8. The minimum atomic E-state index is -3.97. The van der Waals surface area contributed by atoms with Gasteiger partial charge in [0.1, 0.15) is 10.8 Å². The van der Waals surface area contributed by atoms with E-state index < -0.39 is 26.0 Å². The number of hydrogen-bond acceptors (Lipinski definition) is 10. The van der Waals surface area contributed by atoms with Gasteiger partial charge in [-0.25, -0.2) is 35.6 Å². The van der Waals surface area contributed by atoms with E-state index in [2.05, 4.69) is 25.0 Å². The first-order valence-electron chi connectivity index (χ1n) is 12.4. The van der Waals surface area contributed by atoms with Gasteiger partial charge in [0.2, 0.25) is 22.7 Å². The van der Waals surface area contributed by atoms with Crippen molar-refractivity contribution in [3.63, 3.8) is 0 Å². The van der Waals surface area contributed by atoms with Gasteiger partial charge in [0.15, 0.2) is 15.1 Å². The summed E-state index contributed by atoms with van der Waals surface area (Å²) in [6.07, 6.45) is 3.50. The van der Waals surface area contributed by atoms with Crippen LogP contribution in [0.1, 0.15) is 27.6 Å². The number of thiol groups is 1. The Kier molecular flexibility index (Phi) is 7.64. The average Bonchev–Trinajstić information content (AvgIpc) is 3.72. The van der Waals surface area contributed by atoms with Crippen LogP contribution in [0.5, 0.6) is 0 Å². The molecular weight excluding hydrogens is 604 g/mol. The average molecular weight is 625 g/mol. The highest BCUT2D eigenvalue weighted by Crippen LogP contribution is 2.38. The number of rotatable bonds is 10. The lowest BCUT2D eigenvalue weighted by Gasteiger charge is -2.12. The van der Waals surface area contributed by atoms with E-state index in [1.165, 1.54) is 23.5 Å². The van der Waals surface area contributed by atoms with Crippen LogP contribution in [0.3, 0.4) is 0 Å². The number of halogens is 1. The molecule has 0 radical (unpaired) electrons. The molecule has 6 rings (SSSR count). The zero-order valence-corrected chi connectivity index (χ0v) is 24.0. The summed E-state index contributed by atoms with van der Waals surface area (Å²) >= 11 is 1.18. The molecule has 0 aliphatic rings. The molecule has 42 heavy (non-hydrogen) atoms. The summed E-state index contributed by atoms with van der Waals surface area (Å²) in [5.41, 5.74) is 3.48. The van der Waals surface area contributed by atoms with E-state index in [9.17, 15) is 21.2 Å². The Balaban J connectivity index is 1.36. The molecule has 6 aromatic rings. The Morgan fingerprint density at radius 1 is 1.00 bits per heavy atom. The van der Waals surface area contributed by atoms with Gasteiger partial charge in [0.25, 0.3) is 0 Å². The molecule has 0 aliphatic carbocycles. The van der Waals surface area contributed by atoms with Crippen molar-refractivity contribution in [3.8, 4) is 16.8 Å². The fraction of sp³-hybridized carbons (Fsp3) is 0.111. The summed E-state index contributed by atoms with van der Waals surface area (Å²) in [6, 6.07) is 20.2. The first kappa shape index (κ1) is 27.8. The molecule has 0 spiro atoms. The molecule has 1 atom stereocenters. The number of nitrogens with zero attached hydrogens (tertiary/aromatic N) is 5. The van der Waals surface area contributed by atoms with Crippen LogP contribution in [0.25, 0.3) is 27.0 Å². The van der Waals surface area contributed by atoms with E-state index in [0.29, 0.717) is 16.8 Å². The summed E-state index contributed by atoms with van der Waals surface area (Å²) in [4.78, 5) is 4.62. The van der Waals surface area contributed by atoms with Crippen molar-refractivity contribution in [2.45, 2.75) is 17.5 Å². The van der Waals surface area contributed by atoms with Crippen LogP contribution in [0.4, 0.5) is 4.39 Å². The van der Waals surface area contributed by atoms with E-state index >= 15 is 0 Å². The number of sulfone groups is 1. The molecule has 0 saturated heterocycles. The Morgan fingerprint density at radius 3 is 2.55 bits per heavy atom. The third-order valence-electron chi connectivity index (χ3n) is 6.27.